The lowest BCUT2D eigenvalue weighted by atomic mass is 10.2. The number of nitrogens with zero attached hydrogens (tertiary/aromatic N) is 12. The molecule has 0 aliphatic heterocycles. The van der Waals surface area contributed by atoms with Crippen molar-refractivity contribution < 1.29 is 17.3 Å². The summed E-state index contributed by atoms with van der Waals surface area (Å²) in [5.41, 5.74) is 19.2. The molecule has 7 N–H and O–H groups in total. The molecular weight excluding hydrogens is 705 g/mol. The van der Waals surface area contributed by atoms with Gasteiger partial charge >= 0.3 is 0 Å². The van der Waals surface area contributed by atoms with Crippen LogP contribution in [0.2, 0.25) is 0 Å². The summed E-state index contributed by atoms with van der Waals surface area (Å²) in [5.74, 6) is 2.52. The van der Waals surface area contributed by atoms with Gasteiger partial charge in [-0.1, -0.05) is 19.6 Å². The zero-order valence-corrected chi connectivity index (χ0v) is 28.4. The fourth-order valence-corrected chi connectivity index (χ4v) is 4.94. The number of furan rings is 2. The van der Waals surface area contributed by atoms with Gasteiger partial charge in [-0.15, -0.1) is 10.2 Å². The van der Waals surface area contributed by atoms with Crippen molar-refractivity contribution in [2.24, 2.45) is 5.73 Å². The van der Waals surface area contributed by atoms with Gasteiger partial charge in [0.05, 0.1) is 12.5 Å². The van der Waals surface area contributed by atoms with Crippen LogP contribution in [-0.4, -0.2) is 86.9 Å². The van der Waals surface area contributed by atoms with E-state index in [4.69, 9.17) is 26.0 Å². The van der Waals surface area contributed by atoms with Gasteiger partial charge in [0.25, 0.3) is 16.7 Å². The first-order valence-corrected chi connectivity index (χ1v) is 17.4. The van der Waals surface area contributed by atoms with Crippen LogP contribution < -0.4 is 22.5 Å². The number of pyridine rings is 2. The second-order valence-corrected chi connectivity index (χ2v) is 12.6. The Morgan fingerprint density at radius 3 is 1.75 bits per heavy atom. The van der Waals surface area contributed by atoms with E-state index >= 15 is 0 Å². The second-order valence-electron chi connectivity index (χ2n) is 10.7. The van der Waals surface area contributed by atoms with Crippen molar-refractivity contribution >= 4 is 39.2 Å². The van der Waals surface area contributed by atoms with Crippen LogP contribution in [0.4, 0.5) is 17.8 Å². The van der Waals surface area contributed by atoms with E-state index in [-0.39, 0.29) is 30.9 Å². The highest BCUT2D eigenvalue weighted by atomic mass is 32.2. The van der Waals surface area contributed by atoms with Crippen LogP contribution in [0.15, 0.2) is 99.8 Å². The number of anilines is 3. The molecule has 274 valence electrons. The molecule has 0 spiro atoms. The van der Waals surface area contributed by atoms with E-state index in [1.807, 2.05) is 36.7 Å². The summed E-state index contributed by atoms with van der Waals surface area (Å²) in [7, 11) is -3.57. The molecule has 0 aromatic carbocycles. The molecule has 8 rings (SSSR count). The van der Waals surface area contributed by atoms with Crippen LogP contribution in [0.25, 0.3) is 34.7 Å². The van der Waals surface area contributed by atoms with Gasteiger partial charge < -0.3 is 31.4 Å². The summed E-state index contributed by atoms with van der Waals surface area (Å²) in [6.45, 7) is 1.35. The van der Waals surface area contributed by atoms with Gasteiger partial charge in [-0.25, -0.2) is 8.42 Å². The highest BCUT2D eigenvalue weighted by Crippen LogP contribution is 2.19. The first-order valence-electron chi connectivity index (χ1n) is 15.5. The van der Waals surface area contributed by atoms with Crippen LogP contribution in [0.3, 0.4) is 0 Å². The Labute approximate surface area is 302 Å². The third-order valence-electron chi connectivity index (χ3n) is 6.84. The SMILES string of the molecule is C.CS(=O)(=O)c1nc(N)n2nc(-c3ccco3)nc2n1.NCCc1cccnc1.Nc1nc(NCCc2cccnc2)nc2nc(-c3ccco3)nn12. The fourth-order valence-electron chi connectivity index (χ4n) is 4.43. The van der Waals surface area contributed by atoms with Crippen LogP contribution >= 0.6 is 0 Å². The summed E-state index contributed by atoms with van der Waals surface area (Å²) in [5, 5.41) is 11.0. The first kappa shape index (κ1) is 37.4. The van der Waals surface area contributed by atoms with Gasteiger partial charge in [0.15, 0.2) is 11.5 Å². The number of nitrogen functional groups attached to an aromatic ring is 2. The Hall–Kier alpha value is -6.87. The van der Waals surface area contributed by atoms with Gasteiger partial charge in [0.2, 0.25) is 39.3 Å². The Morgan fingerprint density at radius 1 is 0.717 bits per heavy atom. The predicted molar refractivity (Wildman–Crippen MR) is 195 cm³/mol. The largest absolute Gasteiger partial charge is 0.461 e. The third kappa shape index (κ3) is 9.47. The van der Waals surface area contributed by atoms with Crippen molar-refractivity contribution in [2.45, 2.75) is 25.4 Å². The Balaban J connectivity index is 0.000000167. The smallest absolute Gasteiger partial charge is 0.259 e. The molecule has 8 heterocycles. The molecule has 0 saturated carbocycles. The molecule has 0 unspecified atom stereocenters. The lowest BCUT2D eigenvalue weighted by Crippen LogP contribution is -2.12. The molecule has 8 aromatic heterocycles. The van der Waals surface area contributed by atoms with E-state index in [2.05, 4.69) is 55.4 Å². The summed E-state index contributed by atoms with van der Waals surface area (Å²) in [6.07, 6.45) is 12.9. The van der Waals surface area contributed by atoms with Gasteiger partial charge in [0, 0.05) is 37.6 Å². The van der Waals surface area contributed by atoms with Crippen molar-refractivity contribution in [3.63, 3.8) is 0 Å². The highest BCUT2D eigenvalue weighted by Gasteiger charge is 2.18. The van der Waals surface area contributed by atoms with E-state index < -0.39 is 15.0 Å². The van der Waals surface area contributed by atoms with E-state index in [1.54, 1.807) is 42.9 Å². The van der Waals surface area contributed by atoms with E-state index in [0.717, 1.165) is 29.2 Å². The molecule has 0 amide bonds. The van der Waals surface area contributed by atoms with Crippen molar-refractivity contribution in [3.8, 4) is 23.2 Å². The molecule has 0 saturated heterocycles. The summed E-state index contributed by atoms with van der Waals surface area (Å²) < 4.78 is 35.8. The molecule has 0 radical (unpaired) electrons. The van der Waals surface area contributed by atoms with E-state index in [1.165, 1.54) is 16.3 Å². The van der Waals surface area contributed by atoms with Crippen LogP contribution in [0.1, 0.15) is 18.6 Å². The quantitative estimate of drug-likeness (QED) is 0.165. The minimum Gasteiger partial charge on any atom is -0.461 e. The highest BCUT2D eigenvalue weighted by molar-refractivity contribution is 7.90. The van der Waals surface area contributed by atoms with Gasteiger partial charge in [0.1, 0.15) is 0 Å². The number of aromatic nitrogens is 12. The average molecular weight is 741 g/mol. The molecule has 8 aromatic rings. The molecule has 0 atom stereocenters. The van der Waals surface area contributed by atoms with Gasteiger partial charge in [-0.3, -0.25) is 9.97 Å². The number of nitrogens with one attached hydrogen (secondary N) is 1. The molecule has 0 aliphatic carbocycles. The maximum Gasteiger partial charge on any atom is 0.259 e. The minimum absolute atomic E-state index is 0. The maximum absolute atomic E-state index is 11.4. The Morgan fingerprint density at radius 2 is 1.26 bits per heavy atom. The second kappa shape index (κ2) is 16.9. The molecule has 20 nitrogen and oxygen atoms in total. The first-order chi connectivity index (χ1) is 25.2. The van der Waals surface area contributed by atoms with Crippen molar-refractivity contribution in [1.29, 1.82) is 0 Å². The lowest BCUT2D eigenvalue weighted by molar-refractivity contribution is 0.577. The van der Waals surface area contributed by atoms with Gasteiger partial charge in [-0.2, -0.15) is 38.9 Å². The van der Waals surface area contributed by atoms with Crippen molar-refractivity contribution in [1.82, 2.24) is 59.1 Å². The molecule has 0 aliphatic rings. The zero-order valence-electron chi connectivity index (χ0n) is 27.6. The Bertz CT molecular complexity index is 2450. The summed E-state index contributed by atoms with van der Waals surface area (Å²) >= 11 is 0. The van der Waals surface area contributed by atoms with E-state index in [0.29, 0.717) is 42.2 Å². The molecule has 0 bridgehead atoms. The van der Waals surface area contributed by atoms with Crippen LogP contribution in [0, 0.1) is 0 Å². The minimum atomic E-state index is -3.57. The van der Waals surface area contributed by atoms with Crippen molar-refractivity contribution in [3.05, 3.63) is 97.0 Å². The van der Waals surface area contributed by atoms with Gasteiger partial charge in [-0.05, 0) is 66.9 Å². The number of nitrogens with two attached hydrogens (primary N) is 3. The van der Waals surface area contributed by atoms with Crippen molar-refractivity contribution in [2.75, 3.05) is 36.1 Å². The number of hydrogen-bond donors (Lipinski definition) is 4. The number of sulfone groups is 1. The fraction of sp³-hybridized carbons (Fsp3) is 0.188. The number of hydrogen-bond acceptors (Lipinski definition) is 18. The molecule has 21 heteroatoms. The van der Waals surface area contributed by atoms with E-state index in [9.17, 15) is 8.42 Å². The Kier molecular flexibility index (Phi) is 11.9. The lowest BCUT2D eigenvalue weighted by Gasteiger charge is -2.05. The molecular formula is C32H36N16O4S. The normalized spacial score (nSPS) is 10.9. The average Bonchev–Trinajstić information content (AvgIpc) is 3.97. The number of fused-ring (bicyclic) bond motifs is 2. The maximum atomic E-state index is 11.4. The third-order valence-corrected chi connectivity index (χ3v) is 7.68. The summed E-state index contributed by atoms with van der Waals surface area (Å²) in [4.78, 5) is 32.4. The van der Waals surface area contributed by atoms with Crippen LogP contribution in [0.5, 0.6) is 0 Å². The predicted octanol–water partition coefficient (Wildman–Crippen LogP) is 2.40. The zero-order chi connectivity index (χ0) is 36.5. The van der Waals surface area contributed by atoms with Crippen LogP contribution in [-0.2, 0) is 22.7 Å². The number of rotatable bonds is 9. The standard InChI is InChI=1S/C15H14N8O.C9H8N6O3S.C7H10N2.CH4/c16-13-20-14(18-7-5-10-3-1-6-17-9-10)21-15-19-12(22-23(13)15)11-4-2-8-24-11;1-19(16,17)9-12-7(10)15-8(13-9)11-6(14-15)5-3-2-4-18-5;8-4-3-7-2-1-5-9-6-7;/h1-4,6,8-9H,5,7H2,(H3,16,18,19,20,21,22);2-4H,1H3,(H2,10,11,12,13,14);1-2,5-6H,3-4,8H2;1H4. The monoisotopic (exact) mass is 740 g/mol. The molecule has 53 heavy (non-hydrogen) atoms. The molecule has 0 fully saturated rings. The topological polar surface area (TPSA) is 288 Å². The summed E-state index contributed by atoms with van der Waals surface area (Å²) in [6, 6.07) is 14.7.